The third kappa shape index (κ3) is 9.84. The van der Waals surface area contributed by atoms with E-state index in [9.17, 15) is 9.59 Å². The second kappa shape index (κ2) is 10.9. The molecule has 0 fully saturated rings. The molecule has 0 radical (unpaired) electrons. The largest absolute Gasteiger partial charge is 0.468 e. The maximum Gasteiger partial charge on any atom is 0.433 e. The minimum atomic E-state index is -0.749. The molecule has 0 rings (SSSR count). The minimum Gasteiger partial charge on any atom is -0.468 e. The molecule has 0 spiro atoms. The van der Waals surface area contributed by atoms with Gasteiger partial charge in [0.15, 0.2) is 0 Å². The van der Waals surface area contributed by atoms with Gasteiger partial charge < -0.3 is 14.2 Å². The van der Waals surface area contributed by atoms with Crippen molar-refractivity contribution in [1.82, 2.24) is 0 Å². The standard InChI is InChI=1S/C17H29NO5/c1-7-9-10-11-22-14(8-2)13(15(19)21-6)12-18-16(20)23-17(3,4)5/h7,12-14H,1,8-11H2,2-6H3/t13?,14-/m0/s1. The lowest BCUT2D eigenvalue weighted by molar-refractivity contribution is -0.147. The number of hydrogen-bond donors (Lipinski definition) is 0. The van der Waals surface area contributed by atoms with Gasteiger partial charge in [-0.15, -0.1) is 6.58 Å². The molecule has 0 N–H and O–H groups in total. The van der Waals surface area contributed by atoms with E-state index >= 15 is 0 Å². The lowest BCUT2D eigenvalue weighted by Crippen LogP contribution is -2.33. The summed E-state index contributed by atoms with van der Waals surface area (Å²) in [5.74, 6) is -1.24. The van der Waals surface area contributed by atoms with Crippen LogP contribution in [0.5, 0.6) is 0 Å². The molecule has 0 aromatic rings. The van der Waals surface area contributed by atoms with Gasteiger partial charge in [0, 0.05) is 12.8 Å². The number of methoxy groups -OCH3 is 1. The first-order chi connectivity index (χ1) is 10.7. The van der Waals surface area contributed by atoms with Gasteiger partial charge in [0.2, 0.25) is 0 Å². The monoisotopic (exact) mass is 327 g/mol. The highest BCUT2D eigenvalue weighted by Gasteiger charge is 2.28. The van der Waals surface area contributed by atoms with Crippen LogP contribution < -0.4 is 0 Å². The van der Waals surface area contributed by atoms with Gasteiger partial charge in [0.25, 0.3) is 0 Å². The third-order valence-electron chi connectivity index (χ3n) is 2.89. The minimum absolute atomic E-state index is 0.404. The van der Waals surface area contributed by atoms with Crippen molar-refractivity contribution in [3.05, 3.63) is 12.7 Å². The number of allylic oxidation sites excluding steroid dienone is 1. The number of unbranched alkanes of at least 4 members (excludes halogenated alkanes) is 1. The number of rotatable bonds is 9. The van der Waals surface area contributed by atoms with Crippen molar-refractivity contribution >= 4 is 18.3 Å². The van der Waals surface area contributed by atoms with Crippen LogP contribution in [0.15, 0.2) is 17.6 Å². The number of carbonyl (C=O) groups excluding carboxylic acids is 2. The summed E-state index contributed by atoms with van der Waals surface area (Å²) < 4.78 is 15.6. The summed E-state index contributed by atoms with van der Waals surface area (Å²) in [5.41, 5.74) is -0.638. The highest BCUT2D eigenvalue weighted by Crippen LogP contribution is 2.14. The molecule has 0 bridgehead atoms. The zero-order valence-corrected chi connectivity index (χ0v) is 14.8. The highest BCUT2D eigenvalue weighted by molar-refractivity contribution is 5.94. The SMILES string of the molecule is C=CCCCO[C@@H](CC)C(C=NC(=O)OC(C)(C)C)C(=O)OC. The molecule has 0 aliphatic heterocycles. The smallest absolute Gasteiger partial charge is 0.433 e. The summed E-state index contributed by atoms with van der Waals surface area (Å²) in [6, 6.07) is 0. The Bertz CT molecular complexity index is 412. The third-order valence-corrected chi connectivity index (χ3v) is 2.89. The van der Waals surface area contributed by atoms with Crippen molar-refractivity contribution in [3.8, 4) is 0 Å². The van der Waals surface area contributed by atoms with Crippen LogP contribution in [0.4, 0.5) is 4.79 Å². The quantitative estimate of drug-likeness (QED) is 0.280. The molecule has 132 valence electrons. The van der Waals surface area contributed by atoms with Gasteiger partial charge in [-0.25, -0.2) is 4.79 Å². The van der Waals surface area contributed by atoms with Gasteiger partial charge in [-0.3, -0.25) is 4.79 Å². The number of carbonyl (C=O) groups is 2. The number of aliphatic imine (C=N–C) groups is 1. The van der Waals surface area contributed by atoms with Gasteiger partial charge in [-0.1, -0.05) is 13.0 Å². The molecule has 1 amide bonds. The topological polar surface area (TPSA) is 74.2 Å². The molecule has 0 saturated heterocycles. The Morgan fingerprint density at radius 2 is 1.96 bits per heavy atom. The highest BCUT2D eigenvalue weighted by atomic mass is 16.6. The molecular formula is C17H29NO5. The normalized spacial score (nSPS) is 14.3. The van der Waals surface area contributed by atoms with Crippen LogP contribution in [0, 0.1) is 5.92 Å². The van der Waals surface area contributed by atoms with E-state index in [-0.39, 0.29) is 0 Å². The molecule has 0 saturated carbocycles. The molecule has 0 aromatic carbocycles. The Hall–Kier alpha value is -1.69. The summed E-state index contributed by atoms with van der Waals surface area (Å²) in [4.78, 5) is 27.3. The molecule has 6 heteroatoms. The average Bonchev–Trinajstić information content (AvgIpc) is 2.47. The van der Waals surface area contributed by atoms with Crippen LogP contribution in [0.3, 0.4) is 0 Å². The van der Waals surface area contributed by atoms with Crippen molar-refractivity contribution in [2.45, 2.75) is 58.7 Å². The predicted molar refractivity (Wildman–Crippen MR) is 89.7 cm³/mol. The first-order valence-electron chi connectivity index (χ1n) is 7.82. The Kier molecular flexibility index (Phi) is 10.1. The Morgan fingerprint density at radius 3 is 2.43 bits per heavy atom. The second-order valence-electron chi connectivity index (χ2n) is 6.06. The predicted octanol–water partition coefficient (Wildman–Crippen LogP) is 3.54. The Morgan fingerprint density at radius 1 is 1.30 bits per heavy atom. The van der Waals surface area contributed by atoms with E-state index in [0.29, 0.717) is 13.0 Å². The summed E-state index contributed by atoms with van der Waals surface area (Å²) in [6.07, 6.45) is 4.16. The van der Waals surface area contributed by atoms with Crippen LogP contribution in [0.2, 0.25) is 0 Å². The van der Waals surface area contributed by atoms with E-state index in [1.54, 1.807) is 20.8 Å². The van der Waals surface area contributed by atoms with Gasteiger partial charge >= 0.3 is 12.1 Å². The first kappa shape index (κ1) is 21.3. The molecule has 6 nitrogen and oxygen atoms in total. The Balaban J connectivity index is 4.86. The summed E-state index contributed by atoms with van der Waals surface area (Å²) in [6.45, 7) is 11.3. The van der Waals surface area contributed by atoms with E-state index in [1.807, 2.05) is 13.0 Å². The fourth-order valence-corrected chi connectivity index (χ4v) is 1.81. The number of esters is 1. The van der Waals surface area contributed by atoms with Crippen molar-refractivity contribution in [1.29, 1.82) is 0 Å². The molecule has 1 unspecified atom stereocenters. The van der Waals surface area contributed by atoms with Crippen molar-refractivity contribution in [2.75, 3.05) is 13.7 Å². The van der Waals surface area contributed by atoms with Crippen LogP contribution in [-0.2, 0) is 19.0 Å². The first-order valence-corrected chi connectivity index (χ1v) is 7.82. The molecule has 23 heavy (non-hydrogen) atoms. The number of nitrogens with zero attached hydrogens (tertiary/aromatic N) is 1. The van der Waals surface area contributed by atoms with E-state index in [4.69, 9.17) is 14.2 Å². The molecule has 2 atom stereocenters. The molecule has 0 aromatic heterocycles. The number of amides is 1. The fourth-order valence-electron chi connectivity index (χ4n) is 1.81. The van der Waals surface area contributed by atoms with Gasteiger partial charge in [-0.2, -0.15) is 4.99 Å². The second-order valence-corrected chi connectivity index (χ2v) is 6.06. The van der Waals surface area contributed by atoms with Crippen LogP contribution in [-0.4, -0.2) is 43.7 Å². The lowest BCUT2D eigenvalue weighted by atomic mass is 10.0. The summed E-state index contributed by atoms with van der Waals surface area (Å²) in [5, 5.41) is 0. The maximum atomic E-state index is 11.9. The average molecular weight is 327 g/mol. The molecule has 0 aliphatic carbocycles. The van der Waals surface area contributed by atoms with Gasteiger partial charge in [0.1, 0.15) is 11.5 Å². The van der Waals surface area contributed by atoms with E-state index in [2.05, 4.69) is 11.6 Å². The van der Waals surface area contributed by atoms with Crippen LogP contribution >= 0.6 is 0 Å². The van der Waals surface area contributed by atoms with Gasteiger partial charge in [0.05, 0.1) is 13.2 Å². The van der Waals surface area contributed by atoms with Gasteiger partial charge in [-0.05, 0) is 40.0 Å². The lowest BCUT2D eigenvalue weighted by Gasteiger charge is -2.22. The molecular weight excluding hydrogens is 298 g/mol. The number of hydrogen-bond acceptors (Lipinski definition) is 5. The maximum absolute atomic E-state index is 11.9. The summed E-state index contributed by atoms with van der Waals surface area (Å²) in [7, 11) is 1.29. The fraction of sp³-hybridized carbons (Fsp3) is 0.706. The van der Waals surface area contributed by atoms with Crippen LogP contribution in [0.1, 0.15) is 47.0 Å². The van der Waals surface area contributed by atoms with Crippen molar-refractivity contribution in [2.24, 2.45) is 10.9 Å². The van der Waals surface area contributed by atoms with Crippen molar-refractivity contribution in [3.63, 3.8) is 0 Å². The molecule has 0 aliphatic rings. The zero-order valence-electron chi connectivity index (χ0n) is 14.8. The van der Waals surface area contributed by atoms with Crippen molar-refractivity contribution < 1.29 is 23.8 Å². The number of ether oxygens (including phenoxy) is 3. The van der Waals surface area contributed by atoms with E-state index < -0.39 is 29.7 Å². The summed E-state index contributed by atoms with van der Waals surface area (Å²) >= 11 is 0. The van der Waals surface area contributed by atoms with E-state index in [1.165, 1.54) is 13.3 Å². The molecule has 0 heterocycles. The van der Waals surface area contributed by atoms with E-state index in [0.717, 1.165) is 12.8 Å². The Labute approximate surface area is 138 Å². The van der Waals surface area contributed by atoms with Crippen LogP contribution in [0.25, 0.3) is 0 Å². The zero-order chi connectivity index (χ0) is 17.9.